The molecular formula is C19H24FNO3. The van der Waals surface area contributed by atoms with E-state index in [1.54, 1.807) is 24.0 Å². The minimum absolute atomic E-state index is 0.0806. The van der Waals surface area contributed by atoms with Crippen molar-refractivity contribution >= 4 is 11.7 Å². The Labute approximate surface area is 142 Å². The standard InChI is InChI=1S/C19H24FNO3/c1-12-5-6-13(9-17(12)20)14-7-15-10-23-11-16(8-14)21(15)18(22)24-19(2,3)4/h5-7,9,15-16H,8,10-11H2,1-4H3. The third kappa shape index (κ3) is 3.46. The molecule has 1 saturated heterocycles. The summed E-state index contributed by atoms with van der Waals surface area (Å²) in [6.45, 7) is 8.24. The number of hydrogen-bond donors (Lipinski definition) is 0. The minimum atomic E-state index is -0.531. The molecule has 24 heavy (non-hydrogen) atoms. The first-order valence-corrected chi connectivity index (χ1v) is 8.31. The highest BCUT2D eigenvalue weighted by Crippen LogP contribution is 2.34. The van der Waals surface area contributed by atoms with E-state index in [1.165, 1.54) is 0 Å². The Balaban J connectivity index is 1.87. The number of hydrogen-bond acceptors (Lipinski definition) is 3. The van der Waals surface area contributed by atoms with E-state index in [4.69, 9.17) is 9.47 Å². The molecule has 2 aliphatic heterocycles. The van der Waals surface area contributed by atoms with Crippen molar-refractivity contribution in [3.63, 3.8) is 0 Å². The Morgan fingerprint density at radius 3 is 2.71 bits per heavy atom. The summed E-state index contributed by atoms with van der Waals surface area (Å²) in [5.41, 5.74) is 2.04. The van der Waals surface area contributed by atoms with Crippen molar-refractivity contribution in [3.05, 3.63) is 41.2 Å². The number of fused-ring (bicyclic) bond motifs is 2. The second-order valence-electron chi connectivity index (χ2n) is 7.51. The van der Waals surface area contributed by atoms with Gasteiger partial charge in [-0.2, -0.15) is 0 Å². The molecule has 5 heteroatoms. The lowest BCUT2D eigenvalue weighted by Crippen LogP contribution is -2.57. The fourth-order valence-corrected chi connectivity index (χ4v) is 3.20. The highest BCUT2D eigenvalue weighted by Gasteiger charge is 2.40. The molecule has 0 aliphatic carbocycles. The summed E-state index contributed by atoms with van der Waals surface area (Å²) in [6, 6.07) is 5.04. The summed E-state index contributed by atoms with van der Waals surface area (Å²) in [5, 5.41) is 0. The van der Waals surface area contributed by atoms with E-state index in [0.29, 0.717) is 25.2 Å². The highest BCUT2D eigenvalue weighted by molar-refractivity contribution is 5.75. The fourth-order valence-electron chi connectivity index (χ4n) is 3.20. The number of morpholine rings is 1. The van der Waals surface area contributed by atoms with E-state index in [1.807, 2.05) is 32.9 Å². The average molecular weight is 333 g/mol. The van der Waals surface area contributed by atoms with Crippen molar-refractivity contribution in [3.8, 4) is 0 Å². The van der Waals surface area contributed by atoms with Crippen molar-refractivity contribution in [2.24, 2.45) is 0 Å². The van der Waals surface area contributed by atoms with Gasteiger partial charge in [0.15, 0.2) is 0 Å². The molecule has 2 atom stereocenters. The zero-order valence-corrected chi connectivity index (χ0v) is 14.6. The van der Waals surface area contributed by atoms with Crippen LogP contribution >= 0.6 is 0 Å². The zero-order valence-electron chi connectivity index (χ0n) is 14.6. The normalized spacial score (nSPS) is 23.7. The predicted octanol–water partition coefficient (Wildman–Crippen LogP) is 3.93. The molecule has 1 amide bonds. The van der Waals surface area contributed by atoms with Crippen LogP contribution in [0, 0.1) is 12.7 Å². The average Bonchev–Trinajstić information content (AvgIpc) is 2.47. The first-order valence-electron chi connectivity index (χ1n) is 8.31. The van der Waals surface area contributed by atoms with Crippen LogP contribution in [0.3, 0.4) is 0 Å². The second kappa shape index (κ2) is 6.20. The molecule has 2 heterocycles. The molecule has 2 bridgehead atoms. The van der Waals surface area contributed by atoms with Crippen molar-refractivity contribution in [2.45, 2.75) is 51.8 Å². The van der Waals surface area contributed by atoms with Gasteiger partial charge in [0.25, 0.3) is 0 Å². The van der Waals surface area contributed by atoms with E-state index < -0.39 is 5.60 Å². The number of aryl methyl sites for hydroxylation is 1. The van der Waals surface area contributed by atoms with Crippen molar-refractivity contribution in [1.82, 2.24) is 4.90 Å². The lowest BCUT2D eigenvalue weighted by atomic mass is 9.89. The van der Waals surface area contributed by atoms with E-state index in [-0.39, 0.29) is 24.0 Å². The molecule has 1 aromatic carbocycles. The van der Waals surface area contributed by atoms with Gasteiger partial charge in [0.1, 0.15) is 11.4 Å². The van der Waals surface area contributed by atoms with E-state index in [9.17, 15) is 9.18 Å². The van der Waals surface area contributed by atoms with E-state index in [2.05, 4.69) is 0 Å². The molecule has 1 aromatic rings. The van der Waals surface area contributed by atoms with Crippen LogP contribution in [0.15, 0.2) is 24.3 Å². The monoisotopic (exact) mass is 333 g/mol. The minimum Gasteiger partial charge on any atom is -0.444 e. The van der Waals surface area contributed by atoms with Gasteiger partial charge in [-0.05, 0) is 56.9 Å². The summed E-state index contributed by atoms with van der Waals surface area (Å²) < 4.78 is 25.0. The maximum Gasteiger partial charge on any atom is 0.411 e. The number of nitrogens with zero attached hydrogens (tertiary/aromatic N) is 1. The Kier molecular flexibility index (Phi) is 4.38. The van der Waals surface area contributed by atoms with Crippen LogP contribution in [-0.4, -0.2) is 41.9 Å². The molecule has 0 spiro atoms. The van der Waals surface area contributed by atoms with Gasteiger partial charge >= 0.3 is 6.09 Å². The summed E-state index contributed by atoms with van der Waals surface area (Å²) in [5.74, 6) is -0.204. The van der Waals surface area contributed by atoms with Gasteiger partial charge in [-0.15, -0.1) is 0 Å². The first kappa shape index (κ1) is 17.0. The van der Waals surface area contributed by atoms with Crippen LogP contribution in [0.5, 0.6) is 0 Å². The van der Waals surface area contributed by atoms with Gasteiger partial charge < -0.3 is 9.47 Å². The Morgan fingerprint density at radius 1 is 1.33 bits per heavy atom. The molecular weight excluding hydrogens is 309 g/mol. The Hall–Kier alpha value is -1.88. The van der Waals surface area contributed by atoms with Gasteiger partial charge in [-0.3, -0.25) is 4.90 Å². The number of halogens is 1. The van der Waals surface area contributed by atoms with Gasteiger partial charge in [-0.1, -0.05) is 18.2 Å². The van der Waals surface area contributed by atoms with Gasteiger partial charge in [0.05, 0.1) is 25.3 Å². The molecule has 130 valence electrons. The predicted molar refractivity (Wildman–Crippen MR) is 90.2 cm³/mol. The summed E-state index contributed by atoms with van der Waals surface area (Å²) in [7, 11) is 0. The fraction of sp³-hybridized carbons (Fsp3) is 0.526. The molecule has 2 aliphatic rings. The third-order valence-electron chi connectivity index (χ3n) is 4.35. The van der Waals surface area contributed by atoms with Crippen LogP contribution in [0.1, 0.15) is 38.3 Å². The molecule has 0 radical (unpaired) electrons. The summed E-state index contributed by atoms with van der Waals surface area (Å²) >= 11 is 0. The van der Waals surface area contributed by atoms with Gasteiger partial charge in [0.2, 0.25) is 0 Å². The maximum absolute atomic E-state index is 13.9. The molecule has 2 unspecified atom stereocenters. The number of carbonyl (C=O) groups is 1. The van der Waals surface area contributed by atoms with Crippen molar-refractivity contribution in [1.29, 1.82) is 0 Å². The number of benzene rings is 1. The van der Waals surface area contributed by atoms with E-state index in [0.717, 1.165) is 11.1 Å². The van der Waals surface area contributed by atoms with Crippen LogP contribution < -0.4 is 0 Å². The van der Waals surface area contributed by atoms with E-state index >= 15 is 0 Å². The van der Waals surface area contributed by atoms with Crippen LogP contribution in [0.2, 0.25) is 0 Å². The SMILES string of the molecule is Cc1ccc(C2=CC3COCC(C2)N3C(=O)OC(C)(C)C)cc1F. The third-order valence-corrected chi connectivity index (χ3v) is 4.35. The molecule has 1 fully saturated rings. The Bertz CT molecular complexity index is 678. The quantitative estimate of drug-likeness (QED) is 0.782. The number of carbonyl (C=O) groups excluding carboxylic acids is 1. The highest BCUT2D eigenvalue weighted by atomic mass is 19.1. The summed E-state index contributed by atoms with van der Waals surface area (Å²) in [4.78, 5) is 14.3. The lowest BCUT2D eigenvalue weighted by molar-refractivity contribution is -0.0510. The zero-order chi connectivity index (χ0) is 17.5. The maximum atomic E-state index is 13.9. The van der Waals surface area contributed by atoms with Gasteiger partial charge in [-0.25, -0.2) is 9.18 Å². The molecule has 0 saturated carbocycles. The molecule has 4 nitrogen and oxygen atoms in total. The topological polar surface area (TPSA) is 38.8 Å². The smallest absolute Gasteiger partial charge is 0.411 e. The van der Waals surface area contributed by atoms with Crippen molar-refractivity contribution in [2.75, 3.05) is 13.2 Å². The molecule has 0 N–H and O–H groups in total. The lowest BCUT2D eigenvalue weighted by Gasteiger charge is -2.44. The van der Waals surface area contributed by atoms with Crippen LogP contribution in [0.4, 0.5) is 9.18 Å². The number of ether oxygens (including phenoxy) is 2. The Morgan fingerprint density at radius 2 is 2.08 bits per heavy atom. The van der Waals surface area contributed by atoms with Crippen LogP contribution in [-0.2, 0) is 9.47 Å². The van der Waals surface area contributed by atoms with Crippen LogP contribution in [0.25, 0.3) is 5.57 Å². The first-order chi connectivity index (χ1) is 11.2. The largest absolute Gasteiger partial charge is 0.444 e. The molecule has 3 rings (SSSR count). The second-order valence-corrected chi connectivity index (χ2v) is 7.51. The summed E-state index contributed by atoms with van der Waals surface area (Å²) in [6.07, 6.45) is 2.33. The van der Waals surface area contributed by atoms with Gasteiger partial charge in [0, 0.05) is 0 Å². The molecule has 0 aromatic heterocycles. The number of amides is 1. The number of rotatable bonds is 1. The van der Waals surface area contributed by atoms with Crippen molar-refractivity contribution < 1.29 is 18.7 Å².